The Morgan fingerprint density at radius 2 is 1.89 bits per heavy atom. The van der Waals surface area contributed by atoms with Crippen molar-refractivity contribution in [1.29, 1.82) is 0 Å². The molecule has 4 nitrogen and oxygen atoms in total. The summed E-state index contributed by atoms with van der Waals surface area (Å²) in [4.78, 5) is 0.125. The maximum Gasteiger partial charge on any atom is 0.296 e. The zero-order valence-corrected chi connectivity index (χ0v) is 17.4. The van der Waals surface area contributed by atoms with E-state index in [1.165, 1.54) is 30.5 Å². The predicted molar refractivity (Wildman–Crippen MR) is 108 cm³/mol. The average Bonchev–Trinajstić information content (AvgIpc) is 2.60. The van der Waals surface area contributed by atoms with Gasteiger partial charge in [0, 0.05) is 5.56 Å². The van der Waals surface area contributed by atoms with Gasteiger partial charge in [-0.2, -0.15) is 8.42 Å². The highest BCUT2D eigenvalue weighted by Crippen LogP contribution is 2.31. The highest BCUT2D eigenvalue weighted by atomic mass is 79.9. The number of aryl methyl sites for hydroxylation is 1. The van der Waals surface area contributed by atoms with Crippen LogP contribution >= 0.6 is 15.9 Å². The van der Waals surface area contributed by atoms with Gasteiger partial charge < -0.3 is 4.74 Å². The first-order valence-electron chi connectivity index (χ1n) is 8.23. The summed E-state index contributed by atoms with van der Waals surface area (Å²) < 4.78 is 48.7. The van der Waals surface area contributed by atoms with Crippen molar-refractivity contribution in [1.82, 2.24) is 0 Å². The van der Waals surface area contributed by atoms with Crippen molar-refractivity contribution in [2.75, 3.05) is 6.61 Å². The summed E-state index contributed by atoms with van der Waals surface area (Å²) in [6.07, 6.45) is 6.91. The number of ether oxygens (including phenoxy) is 1. The molecule has 2 aromatic rings. The van der Waals surface area contributed by atoms with Crippen LogP contribution in [-0.4, -0.2) is 15.0 Å². The van der Waals surface area contributed by atoms with Gasteiger partial charge in [-0.3, -0.25) is 4.18 Å². The Balaban J connectivity index is 1.91. The van der Waals surface area contributed by atoms with E-state index in [9.17, 15) is 12.8 Å². The molecule has 0 saturated carbocycles. The van der Waals surface area contributed by atoms with Crippen LogP contribution < -0.4 is 4.74 Å². The molecule has 0 aliphatic carbocycles. The second-order valence-electron chi connectivity index (χ2n) is 5.67. The normalized spacial score (nSPS) is 12.1. The van der Waals surface area contributed by atoms with Crippen molar-refractivity contribution in [3.8, 4) is 5.75 Å². The van der Waals surface area contributed by atoms with E-state index in [0.717, 1.165) is 5.56 Å². The maximum atomic E-state index is 13.5. The van der Waals surface area contributed by atoms with Crippen molar-refractivity contribution in [2.24, 2.45) is 0 Å². The van der Waals surface area contributed by atoms with E-state index < -0.39 is 10.1 Å². The largest absolute Gasteiger partial charge is 0.464 e. The van der Waals surface area contributed by atoms with E-state index in [0.29, 0.717) is 22.2 Å². The summed E-state index contributed by atoms with van der Waals surface area (Å²) in [5.74, 6) is 0.0972. The first-order valence-corrected chi connectivity index (χ1v) is 10.4. The topological polar surface area (TPSA) is 52.6 Å². The molecule has 2 aromatic carbocycles. The van der Waals surface area contributed by atoms with Gasteiger partial charge in [0.25, 0.3) is 10.1 Å². The minimum absolute atomic E-state index is 0.0115. The molecule has 0 aromatic heterocycles. The van der Waals surface area contributed by atoms with Crippen LogP contribution in [0.5, 0.6) is 5.75 Å². The molecule has 27 heavy (non-hydrogen) atoms. The molecule has 0 amide bonds. The third-order valence-corrected chi connectivity index (χ3v) is 5.41. The number of rotatable bonds is 8. The van der Waals surface area contributed by atoms with E-state index in [4.69, 9.17) is 8.92 Å². The zero-order chi connectivity index (χ0) is 19.9. The van der Waals surface area contributed by atoms with Crippen LogP contribution in [0.2, 0.25) is 0 Å². The summed E-state index contributed by atoms with van der Waals surface area (Å²) >= 11 is 3.27. The number of hydrogen-bond donors (Lipinski definition) is 0. The second kappa shape index (κ2) is 9.82. The molecule has 0 N–H and O–H groups in total. The van der Waals surface area contributed by atoms with Crippen LogP contribution in [0.3, 0.4) is 0 Å². The van der Waals surface area contributed by atoms with Gasteiger partial charge in [0.05, 0.1) is 22.2 Å². The fourth-order valence-corrected chi connectivity index (χ4v) is 3.65. The van der Waals surface area contributed by atoms with Crippen LogP contribution in [0.25, 0.3) is 6.08 Å². The molecule has 0 spiro atoms. The standard InChI is InChI=1S/C20H20BrFO4S/c1-3-6-16-13-17(22)14-19(21)20(16)25-11-4-5-12-26-27(23,24)18-9-7-15(2)8-10-18/h3-4,6-11,13-14H,5,12H2,1-2H3. The molecule has 0 heterocycles. The quantitative estimate of drug-likeness (QED) is 0.295. The Hall–Kier alpha value is -1.96. The second-order valence-corrected chi connectivity index (χ2v) is 8.14. The Bertz CT molecular complexity index is 935. The molecule has 2 rings (SSSR count). The van der Waals surface area contributed by atoms with E-state index in [-0.39, 0.29) is 17.3 Å². The number of allylic oxidation sites excluding steroid dienone is 1. The molecule has 144 valence electrons. The fraction of sp³-hybridized carbons (Fsp3) is 0.200. The Morgan fingerprint density at radius 3 is 2.56 bits per heavy atom. The minimum Gasteiger partial charge on any atom is -0.464 e. The molecule has 0 unspecified atom stereocenters. The SMILES string of the molecule is CC=Cc1cc(F)cc(Br)c1OC=CCCOS(=O)(=O)c1ccc(C)cc1. The van der Waals surface area contributed by atoms with Gasteiger partial charge in [-0.1, -0.05) is 29.8 Å². The van der Waals surface area contributed by atoms with Crippen LogP contribution in [0.4, 0.5) is 4.39 Å². The van der Waals surface area contributed by atoms with Crippen molar-refractivity contribution in [3.05, 3.63) is 76.2 Å². The predicted octanol–water partition coefficient (Wildman–Crippen LogP) is 5.62. The molecule has 0 atom stereocenters. The molecular weight excluding hydrogens is 435 g/mol. The van der Waals surface area contributed by atoms with E-state index >= 15 is 0 Å². The fourth-order valence-electron chi connectivity index (χ4n) is 2.19. The lowest BCUT2D eigenvalue weighted by atomic mass is 10.2. The molecule has 0 aliphatic rings. The summed E-state index contributed by atoms with van der Waals surface area (Å²) in [5.41, 5.74) is 1.56. The molecule has 0 radical (unpaired) electrons. The third-order valence-electron chi connectivity index (χ3n) is 3.50. The van der Waals surface area contributed by atoms with Gasteiger partial charge in [0.1, 0.15) is 11.6 Å². The number of halogens is 2. The summed E-state index contributed by atoms with van der Waals surface area (Å²) in [7, 11) is -3.77. The van der Waals surface area contributed by atoms with E-state index in [1.807, 2.05) is 13.8 Å². The van der Waals surface area contributed by atoms with Crippen LogP contribution in [-0.2, 0) is 14.3 Å². The van der Waals surface area contributed by atoms with E-state index in [2.05, 4.69) is 15.9 Å². The van der Waals surface area contributed by atoms with Crippen molar-refractivity contribution in [3.63, 3.8) is 0 Å². The van der Waals surface area contributed by atoms with Gasteiger partial charge in [0.15, 0.2) is 0 Å². The smallest absolute Gasteiger partial charge is 0.296 e. The van der Waals surface area contributed by atoms with Gasteiger partial charge in [-0.05, 0) is 66.5 Å². The van der Waals surface area contributed by atoms with Gasteiger partial charge >= 0.3 is 0 Å². The minimum atomic E-state index is -3.77. The number of hydrogen-bond acceptors (Lipinski definition) is 4. The lowest BCUT2D eigenvalue weighted by Crippen LogP contribution is -2.07. The molecule has 0 aliphatic heterocycles. The van der Waals surface area contributed by atoms with Crippen molar-refractivity contribution >= 4 is 32.1 Å². The first-order chi connectivity index (χ1) is 12.8. The van der Waals surface area contributed by atoms with Crippen molar-refractivity contribution in [2.45, 2.75) is 25.2 Å². The Kier molecular flexibility index (Phi) is 7.77. The lowest BCUT2D eigenvalue weighted by molar-refractivity contribution is 0.323. The molecule has 0 fully saturated rings. The van der Waals surface area contributed by atoms with E-state index in [1.54, 1.807) is 30.4 Å². The van der Waals surface area contributed by atoms with Crippen LogP contribution in [0.15, 0.2) is 64.2 Å². The first kappa shape index (κ1) is 21.3. The molecular formula is C20H20BrFO4S. The molecule has 0 saturated heterocycles. The monoisotopic (exact) mass is 454 g/mol. The number of benzene rings is 2. The lowest BCUT2D eigenvalue weighted by Gasteiger charge is -2.08. The zero-order valence-electron chi connectivity index (χ0n) is 15.0. The van der Waals surface area contributed by atoms with Gasteiger partial charge in [-0.25, -0.2) is 4.39 Å². The highest BCUT2D eigenvalue weighted by molar-refractivity contribution is 9.10. The Labute approximate surface area is 167 Å². The highest BCUT2D eigenvalue weighted by Gasteiger charge is 2.14. The van der Waals surface area contributed by atoms with Gasteiger partial charge in [0.2, 0.25) is 0 Å². The summed E-state index contributed by atoms with van der Waals surface area (Å²) in [6.45, 7) is 3.69. The molecule has 0 bridgehead atoms. The maximum absolute atomic E-state index is 13.5. The summed E-state index contributed by atoms with van der Waals surface area (Å²) in [6, 6.07) is 9.13. The third kappa shape index (κ3) is 6.30. The van der Waals surface area contributed by atoms with Crippen LogP contribution in [0.1, 0.15) is 24.5 Å². The summed E-state index contributed by atoms with van der Waals surface area (Å²) in [5, 5.41) is 0. The average molecular weight is 455 g/mol. The Morgan fingerprint density at radius 1 is 1.19 bits per heavy atom. The molecule has 7 heteroatoms. The van der Waals surface area contributed by atoms with Crippen molar-refractivity contribution < 1.29 is 21.7 Å². The van der Waals surface area contributed by atoms with Gasteiger partial charge in [-0.15, -0.1) is 0 Å². The van der Waals surface area contributed by atoms with Crippen LogP contribution in [0, 0.1) is 12.7 Å².